The van der Waals surface area contributed by atoms with E-state index in [4.69, 9.17) is 0 Å². The summed E-state index contributed by atoms with van der Waals surface area (Å²) in [4.78, 5) is 1.07. The van der Waals surface area contributed by atoms with Crippen molar-refractivity contribution in [3.05, 3.63) is 50.3 Å². The number of hydrogen-bond acceptors (Lipinski definition) is 1. The molecule has 2 rings (SSSR count). The van der Waals surface area contributed by atoms with Crippen molar-refractivity contribution in [2.45, 2.75) is 0 Å². The molecule has 0 bridgehead atoms. The molecule has 62 valence electrons. The van der Waals surface area contributed by atoms with E-state index in [1.807, 2.05) is 30.4 Å². The van der Waals surface area contributed by atoms with E-state index in [1.165, 1.54) is 0 Å². The lowest BCUT2D eigenvalue weighted by atomic mass is 10.3. The molecular formula is C11H5BrS. The molecule has 0 saturated carbocycles. The van der Waals surface area contributed by atoms with E-state index in [-0.39, 0.29) is 0 Å². The third-order valence-corrected chi connectivity index (χ3v) is 3.03. The quantitative estimate of drug-likeness (QED) is 0.487. The summed E-state index contributed by atoms with van der Waals surface area (Å²) in [6.07, 6.45) is 5.76. The van der Waals surface area contributed by atoms with Crippen molar-refractivity contribution in [2.24, 2.45) is 0 Å². The Hall–Kier alpha value is -1.000. The molecule has 0 aromatic carbocycles. The molecule has 0 unspecified atom stereocenters. The topological polar surface area (TPSA) is 0 Å². The minimum atomic E-state index is 0.949. The fourth-order valence-electron chi connectivity index (χ4n) is 0.918. The number of rotatable bonds is 0. The highest BCUT2D eigenvalue weighted by atomic mass is 79.9. The van der Waals surface area contributed by atoms with E-state index in [2.05, 4.69) is 33.5 Å². The van der Waals surface area contributed by atoms with Crippen LogP contribution in [0.1, 0.15) is 4.88 Å². The summed E-state index contributed by atoms with van der Waals surface area (Å²) in [7, 11) is 0. The highest BCUT2D eigenvalue weighted by Gasteiger charge is 1.92. The Morgan fingerprint density at radius 2 is 2.23 bits per heavy atom. The fourth-order valence-corrected chi connectivity index (χ4v) is 2.16. The maximum absolute atomic E-state index is 3.39. The third kappa shape index (κ3) is 2.23. The van der Waals surface area contributed by atoms with Gasteiger partial charge in [-0.2, -0.15) is 0 Å². The van der Waals surface area contributed by atoms with Crippen LogP contribution in [0.4, 0.5) is 0 Å². The first-order valence-electron chi connectivity index (χ1n) is 3.75. The summed E-state index contributed by atoms with van der Waals surface area (Å²) >= 11 is 5.03. The zero-order chi connectivity index (χ0) is 9.10. The molecule has 1 aromatic rings. The van der Waals surface area contributed by atoms with Gasteiger partial charge in [0.15, 0.2) is 0 Å². The van der Waals surface area contributed by atoms with Crippen LogP contribution in [0.25, 0.3) is 0 Å². The van der Waals surface area contributed by atoms with Gasteiger partial charge < -0.3 is 0 Å². The van der Waals surface area contributed by atoms with E-state index in [1.54, 1.807) is 11.3 Å². The second kappa shape index (κ2) is 3.81. The molecule has 2 heteroatoms. The first kappa shape index (κ1) is 8.59. The number of allylic oxidation sites excluding steroid dienone is 3. The average molecular weight is 249 g/mol. The third-order valence-electron chi connectivity index (χ3n) is 1.49. The van der Waals surface area contributed by atoms with Gasteiger partial charge in [-0.05, 0) is 46.1 Å². The lowest BCUT2D eigenvalue weighted by Gasteiger charge is -1.78. The van der Waals surface area contributed by atoms with Crippen LogP contribution in [0.3, 0.4) is 0 Å². The van der Waals surface area contributed by atoms with Crippen molar-refractivity contribution >= 4 is 27.3 Å². The summed E-state index contributed by atoms with van der Waals surface area (Å²) in [6.45, 7) is 0. The first-order valence-corrected chi connectivity index (χ1v) is 5.36. The molecule has 0 amide bonds. The summed E-state index contributed by atoms with van der Waals surface area (Å²) < 4.78 is 1.11. The van der Waals surface area contributed by atoms with Gasteiger partial charge in [0.2, 0.25) is 0 Å². The molecule has 1 aromatic heterocycles. The first-order chi connectivity index (χ1) is 6.34. The lowest BCUT2D eigenvalue weighted by molar-refractivity contribution is 1.85. The van der Waals surface area contributed by atoms with Gasteiger partial charge in [-0.15, -0.1) is 17.1 Å². The Morgan fingerprint density at radius 3 is 2.85 bits per heavy atom. The molecule has 1 heterocycles. The Balaban J connectivity index is 2.22. The van der Waals surface area contributed by atoms with E-state index in [0.29, 0.717) is 0 Å². The Labute approximate surface area is 89.4 Å². The molecule has 0 radical (unpaired) electrons. The van der Waals surface area contributed by atoms with Crippen LogP contribution >= 0.6 is 27.3 Å². The number of hydrogen-bond donors (Lipinski definition) is 0. The van der Waals surface area contributed by atoms with Gasteiger partial charge in [0.25, 0.3) is 0 Å². The van der Waals surface area contributed by atoms with Crippen LogP contribution in [-0.2, 0) is 0 Å². The lowest BCUT2D eigenvalue weighted by Crippen LogP contribution is -1.65. The van der Waals surface area contributed by atoms with Crippen molar-refractivity contribution < 1.29 is 0 Å². The van der Waals surface area contributed by atoms with Crippen molar-refractivity contribution in [2.75, 3.05) is 0 Å². The molecule has 0 N–H and O–H groups in total. The van der Waals surface area contributed by atoms with Crippen molar-refractivity contribution in [1.82, 2.24) is 0 Å². The summed E-state index contributed by atoms with van der Waals surface area (Å²) in [5.74, 6) is 6.11. The molecule has 13 heavy (non-hydrogen) atoms. The molecular weight excluding hydrogens is 244 g/mol. The summed E-state index contributed by atoms with van der Waals surface area (Å²) in [6, 6.07) is 4.01. The van der Waals surface area contributed by atoms with Crippen LogP contribution in [-0.4, -0.2) is 0 Å². The zero-order valence-electron chi connectivity index (χ0n) is 6.67. The second-order valence-corrected chi connectivity index (χ2v) is 4.90. The monoisotopic (exact) mass is 248 g/mol. The van der Waals surface area contributed by atoms with Gasteiger partial charge in [-0.25, -0.2) is 0 Å². The summed E-state index contributed by atoms with van der Waals surface area (Å²) in [5.41, 5.74) is 3.98. The van der Waals surface area contributed by atoms with Crippen LogP contribution in [0.15, 0.2) is 45.5 Å². The maximum Gasteiger partial charge on any atom is 0.0784 e. The minimum absolute atomic E-state index is 0.949. The fraction of sp³-hybridized carbons (Fsp3) is 0. The number of thiophene rings is 1. The Bertz CT molecular complexity index is 474. The van der Waals surface area contributed by atoms with E-state index >= 15 is 0 Å². The zero-order valence-corrected chi connectivity index (χ0v) is 9.08. The van der Waals surface area contributed by atoms with E-state index in [0.717, 1.165) is 14.2 Å². The molecule has 1 aliphatic rings. The largest absolute Gasteiger partial charge is 0.120 e. The van der Waals surface area contributed by atoms with Gasteiger partial charge in [-0.1, -0.05) is 12.0 Å². The average Bonchev–Trinajstić information content (AvgIpc) is 2.71. The smallest absolute Gasteiger partial charge is 0.0784 e. The van der Waals surface area contributed by atoms with Crippen LogP contribution in [0, 0.1) is 11.8 Å². The normalized spacial score (nSPS) is 12.5. The standard InChI is InChI=1S/C11H5BrS/c12-11-8-7-10(13-11)6-5-9-3-1-2-4-9/h1-3,7-8H. The van der Waals surface area contributed by atoms with Crippen molar-refractivity contribution in [3.8, 4) is 11.8 Å². The molecule has 0 spiro atoms. The van der Waals surface area contributed by atoms with Crippen LogP contribution in [0.2, 0.25) is 0 Å². The van der Waals surface area contributed by atoms with Crippen molar-refractivity contribution in [1.29, 1.82) is 0 Å². The second-order valence-electron chi connectivity index (χ2n) is 2.44. The van der Waals surface area contributed by atoms with E-state index in [9.17, 15) is 0 Å². The summed E-state index contributed by atoms with van der Waals surface area (Å²) in [5, 5.41) is 0. The molecule has 0 nitrogen and oxygen atoms in total. The molecule has 0 aliphatic heterocycles. The highest BCUT2D eigenvalue weighted by molar-refractivity contribution is 9.11. The van der Waals surface area contributed by atoms with Gasteiger partial charge >= 0.3 is 0 Å². The molecule has 0 saturated heterocycles. The van der Waals surface area contributed by atoms with Crippen molar-refractivity contribution in [3.63, 3.8) is 0 Å². The highest BCUT2D eigenvalue weighted by Crippen LogP contribution is 2.21. The van der Waals surface area contributed by atoms with Gasteiger partial charge in [0.05, 0.1) is 14.2 Å². The van der Waals surface area contributed by atoms with E-state index < -0.39 is 0 Å². The number of halogens is 1. The molecule has 0 atom stereocenters. The van der Waals surface area contributed by atoms with Gasteiger partial charge in [-0.3, -0.25) is 0 Å². The predicted molar refractivity (Wildman–Crippen MR) is 59.6 cm³/mol. The van der Waals surface area contributed by atoms with Crippen LogP contribution in [0.5, 0.6) is 0 Å². The Morgan fingerprint density at radius 1 is 1.31 bits per heavy atom. The SMILES string of the molecule is Brc1ccc(C#CC2=C=CC=C2)s1. The minimum Gasteiger partial charge on any atom is -0.120 e. The van der Waals surface area contributed by atoms with Gasteiger partial charge in [0, 0.05) is 0 Å². The molecule has 1 aliphatic carbocycles. The molecule has 0 fully saturated rings. The van der Waals surface area contributed by atoms with Crippen LogP contribution < -0.4 is 0 Å². The maximum atomic E-state index is 3.39. The Kier molecular flexibility index (Phi) is 2.52. The van der Waals surface area contributed by atoms with Gasteiger partial charge in [0.1, 0.15) is 0 Å². The predicted octanol–water partition coefficient (Wildman–Crippen LogP) is 3.51.